The van der Waals surface area contributed by atoms with Gasteiger partial charge in [-0.2, -0.15) is 0 Å². The molecule has 6 heteroatoms. The van der Waals surface area contributed by atoms with Crippen LogP contribution in [-0.2, 0) is 4.79 Å². The summed E-state index contributed by atoms with van der Waals surface area (Å²) < 4.78 is 13.4. The van der Waals surface area contributed by atoms with E-state index in [1.54, 1.807) is 12.1 Å². The Labute approximate surface area is 176 Å². The number of amides is 1. The van der Waals surface area contributed by atoms with Gasteiger partial charge in [-0.15, -0.1) is 0 Å². The summed E-state index contributed by atoms with van der Waals surface area (Å²) >= 11 is 6.27. The fourth-order valence-electron chi connectivity index (χ4n) is 4.31. The van der Waals surface area contributed by atoms with Crippen molar-refractivity contribution in [2.24, 2.45) is 5.92 Å². The second-order valence-electron chi connectivity index (χ2n) is 8.20. The fraction of sp³-hybridized carbons (Fsp3) is 0.435. The zero-order valence-electron chi connectivity index (χ0n) is 16.6. The summed E-state index contributed by atoms with van der Waals surface area (Å²) in [4.78, 5) is 14.6. The molecule has 4 atom stereocenters. The molecular weight excluding hydrogens is 389 g/mol. The third kappa shape index (κ3) is 4.80. The Balaban J connectivity index is 1.20. The van der Waals surface area contributed by atoms with Crippen molar-refractivity contribution in [3.05, 3.63) is 70.5 Å². The third-order valence-electron chi connectivity index (χ3n) is 6.07. The van der Waals surface area contributed by atoms with Gasteiger partial charge in [0, 0.05) is 36.6 Å². The van der Waals surface area contributed by atoms with E-state index in [1.165, 1.54) is 6.07 Å². The summed E-state index contributed by atoms with van der Waals surface area (Å²) in [5.74, 6) is 0.322. The smallest absolute Gasteiger partial charge is 0.226 e. The van der Waals surface area contributed by atoms with Crippen LogP contribution < -0.4 is 10.9 Å². The Morgan fingerprint density at radius 3 is 2.79 bits per heavy atom. The predicted octanol–water partition coefficient (Wildman–Crippen LogP) is 4.43. The van der Waals surface area contributed by atoms with Gasteiger partial charge in [0.2, 0.25) is 5.91 Å². The van der Waals surface area contributed by atoms with Crippen LogP contribution in [0.3, 0.4) is 0 Å². The highest BCUT2D eigenvalue weighted by atomic mass is 35.5. The van der Waals surface area contributed by atoms with E-state index in [-0.39, 0.29) is 29.6 Å². The molecule has 29 heavy (non-hydrogen) atoms. The molecule has 0 aromatic heterocycles. The standard InChI is InChI=1S/C23H27ClFN3O/c1-28(23(29)20-14-19(20)18-9-2-3-10-21(18)24)11-5-8-17-13-22(27-26-17)15-6-4-7-16(25)12-15/h2-4,6-7,9-10,12,17,19-20,22,26-27H,5,8,11,13-14H2,1H3. The Morgan fingerprint density at radius 2 is 2.00 bits per heavy atom. The summed E-state index contributed by atoms with van der Waals surface area (Å²) in [5.41, 5.74) is 8.62. The summed E-state index contributed by atoms with van der Waals surface area (Å²) in [7, 11) is 1.89. The predicted molar refractivity (Wildman–Crippen MR) is 113 cm³/mol. The van der Waals surface area contributed by atoms with Crippen LogP contribution in [0.4, 0.5) is 4.39 Å². The van der Waals surface area contributed by atoms with Crippen LogP contribution in [0.2, 0.25) is 5.02 Å². The molecule has 2 aliphatic rings. The van der Waals surface area contributed by atoms with Gasteiger partial charge in [-0.3, -0.25) is 15.6 Å². The minimum atomic E-state index is -0.206. The van der Waals surface area contributed by atoms with E-state index in [1.807, 2.05) is 42.3 Å². The van der Waals surface area contributed by atoms with Gasteiger partial charge in [0.1, 0.15) is 5.82 Å². The number of halogens is 2. The molecule has 0 radical (unpaired) electrons. The largest absolute Gasteiger partial charge is 0.346 e. The first-order valence-electron chi connectivity index (χ1n) is 10.3. The summed E-state index contributed by atoms with van der Waals surface area (Å²) in [5, 5.41) is 0.753. The van der Waals surface area contributed by atoms with Crippen LogP contribution in [0.5, 0.6) is 0 Å². The molecule has 1 saturated heterocycles. The van der Waals surface area contributed by atoms with Gasteiger partial charge in [-0.25, -0.2) is 4.39 Å². The third-order valence-corrected chi connectivity index (χ3v) is 6.41. The molecular formula is C23H27ClFN3O. The molecule has 0 bridgehead atoms. The number of carbonyl (C=O) groups excluding carboxylic acids is 1. The van der Waals surface area contributed by atoms with Crippen LogP contribution >= 0.6 is 11.6 Å². The van der Waals surface area contributed by atoms with Gasteiger partial charge >= 0.3 is 0 Å². The van der Waals surface area contributed by atoms with Crippen molar-refractivity contribution in [2.45, 2.75) is 43.7 Å². The molecule has 1 heterocycles. The normalized spacial score (nSPS) is 25.8. The summed E-state index contributed by atoms with van der Waals surface area (Å²) in [6.45, 7) is 0.743. The van der Waals surface area contributed by atoms with E-state index in [0.29, 0.717) is 6.04 Å². The van der Waals surface area contributed by atoms with Crippen LogP contribution in [0, 0.1) is 11.7 Å². The topological polar surface area (TPSA) is 44.4 Å². The van der Waals surface area contributed by atoms with E-state index in [0.717, 1.165) is 48.4 Å². The number of carbonyl (C=O) groups is 1. The van der Waals surface area contributed by atoms with Gasteiger partial charge in [0.15, 0.2) is 0 Å². The minimum absolute atomic E-state index is 0.0588. The SMILES string of the molecule is CN(CCCC1CC(c2cccc(F)c2)NN1)C(=O)C1CC1c1ccccc1Cl. The molecule has 1 saturated carbocycles. The summed E-state index contributed by atoms with van der Waals surface area (Å²) in [6.07, 6.45) is 3.70. The number of nitrogens with zero attached hydrogens (tertiary/aromatic N) is 1. The highest BCUT2D eigenvalue weighted by molar-refractivity contribution is 6.31. The first-order valence-corrected chi connectivity index (χ1v) is 10.7. The second-order valence-corrected chi connectivity index (χ2v) is 8.61. The average Bonchev–Trinajstić information content (AvgIpc) is 3.36. The van der Waals surface area contributed by atoms with E-state index in [4.69, 9.17) is 11.6 Å². The van der Waals surface area contributed by atoms with Crippen molar-refractivity contribution in [1.82, 2.24) is 15.8 Å². The van der Waals surface area contributed by atoms with Crippen LogP contribution in [0.15, 0.2) is 48.5 Å². The number of benzene rings is 2. The van der Waals surface area contributed by atoms with Gasteiger partial charge in [0.05, 0.1) is 0 Å². The molecule has 4 nitrogen and oxygen atoms in total. The zero-order valence-corrected chi connectivity index (χ0v) is 17.3. The lowest BCUT2D eigenvalue weighted by atomic mass is 9.99. The lowest BCUT2D eigenvalue weighted by Crippen LogP contribution is -2.33. The molecule has 0 spiro atoms. The van der Waals surface area contributed by atoms with E-state index in [9.17, 15) is 9.18 Å². The van der Waals surface area contributed by atoms with Crippen molar-refractivity contribution in [1.29, 1.82) is 0 Å². The average molecular weight is 416 g/mol. The first kappa shape index (κ1) is 20.3. The van der Waals surface area contributed by atoms with Gasteiger partial charge in [-0.1, -0.05) is 41.9 Å². The molecule has 2 fully saturated rings. The molecule has 1 aliphatic heterocycles. The fourth-order valence-corrected chi connectivity index (χ4v) is 4.59. The number of hydrazine groups is 1. The van der Waals surface area contributed by atoms with Gasteiger partial charge in [0.25, 0.3) is 0 Å². The molecule has 1 amide bonds. The van der Waals surface area contributed by atoms with Crippen molar-refractivity contribution in [2.75, 3.05) is 13.6 Å². The second kappa shape index (κ2) is 8.82. The van der Waals surface area contributed by atoms with Crippen LogP contribution in [-0.4, -0.2) is 30.4 Å². The van der Waals surface area contributed by atoms with Gasteiger partial charge in [-0.05, 0) is 60.9 Å². The maximum Gasteiger partial charge on any atom is 0.226 e. The molecule has 2 aromatic carbocycles. The number of hydrogen-bond acceptors (Lipinski definition) is 3. The lowest BCUT2D eigenvalue weighted by molar-refractivity contribution is -0.131. The highest BCUT2D eigenvalue weighted by Gasteiger charge is 2.45. The summed E-state index contributed by atoms with van der Waals surface area (Å²) in [6, 6.07) is 15.0. The Bertz CT molecular complexity index is 877. The van der Waals surface area contributed by atoms with Crippen molar-refractivity contribution in [3.63, 3.8) is 0 Å². The maximum absolute atomic E-state index is 13.4. The van der Waals surface area contributed by atoms with E-state index >= 15 is 0 Å². The van der Waals surface area contributed by atoms with E-state index < -0.39 is 0 Å². The maximum atomic E-state index is 13.4. The molecule has 4 rings (SSSR count). The molecule has 1 aliphatic carbocycles. The minimum Gasteiger partial charge on any atom is -0.346 e. The van der Waals surface area contributed by atoms with Gasteiger partial charge < -0.3 is 4.90 Å². The van der Waals surface area contributed by atoms with Crippen LogP contribution in [0.1, 0.15) is 48.8 Å². The zero-order chi connectivity index (χ0) is 20.4. The Morgan fingerprint density at radius 1 is 1.17 bits per heavy atom. The number of hydrogen-bond donors (Lipinski definition) is 2. The highest BCUT2D eigenvalue weighted by Crippen LogP contribution is 2.50. The number of nitrogens with one attached hydrogen (secondary N) is 2. The Kier molecular flexibility index (Phi) is 6.18. The molecule has 2 N–H and O–H groups in total. The quantitative estimate of drug-likeness (QED) is 0.703. The molecule has 154 valence electrons. The molecule has 4 unspecified atom stereocenters. The first-order chi connectivity index (χ1) is 14.0. The monoisotopic (exact) mass is 415 g/mol. The van der Waals surface area contributed by atoms with Crippen molar-refractivity contribution in [3.8, 4) is 0 Å². The van der Waals surface area contributed by atoms with Crippen LogP contribution in [0.25, 0.3) is 0 Å². The van der Waals surface area contributed by atoms with Crippen molar-refractivity contribution >= 4 is 17.5 Å². The van der Waals surface area contributed by atoms with Crippen molar-refractivity contribution < 1.29 is 9.18 Å². The Hall–Kier alpha value is -1.95. The lowest BCUT2D eigenvalue weighted by Gasteiger charge is -2.18. The number of rotatable bonds is 7. The van der Waals surface area contributed by atoms with E-state index in [2.05, 4.69) is 10.9 Å². The molecule has 2 aromatic rings.